The quantitative estimate of drug-likeness (QED) is 0.721. The van der Waals surface area contributed by atoms with Gasteiger partial charge in [-0.2, -0.15) is 0 Å². The van der Waals surface area contributed by atoms with Crippen LogP contribution in [0.2, 0.25) is 0 Å². The van der Waals surface area contributed by atoms with Crippen molar-refractivity contribution in [2.45, 2.75) is 52.7 Å². The minimum Gasteiger partial charge on any atom is -0.376 e. The molecule has 1 saturated heterocycles. The van der Waals surface area contributed by atoms with E-state index in [0.717, 1.165) is 18.5 Å². The topological polar surface area (TPSA) is 12.5 Å². The SMILES string of the molecule is CCC(CC)(CBr)CN1CC(C)OCC1C. The van der Waals surface area contributed by atoms with Gasteiger partial charge in [-0.1, -0.05) is 29.8 Å². The lowest BCUT2D eigenvalue weighted by molar-refractivity contribution is -0.0617. The molecule has 3 heteroatoms. The molecule has 96 valence electrons. The summed E-state index contributed by atoms with van der Waals surface area (Å²) < 4.78 is 5.68. The lowest BCUT2D eigenvalue weighted by Crippen LogP contribution is -2.51. The zero-order chi connectivity index (χ0) is 12.2. The Morgan fingerprint density at radius 2 is 1.94 bits per heavy atom. The molecule has 1 aliphatic heterocycles. The fraction of sp³-hybridized carbons (Fsp3) is 1.00. The van der Waals surface area contributed by atoms with E-state index < -0.39 is 0 Å². The summed E-state index contributed by atoms with van der Waals surface area (Å²) in [6.07, 6.45) is 2.87. The Kier molecular flexibility index (Phi) is 5.75. The van der Waals surface area contributed by atoms with Gasteiger partial charge in [0.1, 0.15) is 0 Å². The highest BCUT2D eigenvalue weighted by atomic mass is 79.9. The third-order valence-corrected chi connectivity index (χ3v) is 5.25. The van der Waals surface area contributed by atoms with E-state index in [0.29, 0.717) is 17.6 Å². The van der Waals surface area contributed by atoms with Crippen molar-refractivity contribution in [1.29, 1.82) is 0 Å². The smallest absolute Gasteiger partial charge is 0.0674 e. The number of hydrogen-bond donors (Lipinski definition) is 0. The monoisotopic (exact) mass is 291 g/mol. The molecular formula is C13H26BrNO. The third kappa shape index (κ3) is 3.44. The number of alkyl halides is 1. The summed E-state index contributed by atoms with van der Waals surface area (Å²) in [6, 6.07) is 0.563. The molecular weight excluding hydrogens is 266 g/mol. The van der Waals surface area contributed by atoms with Gasteiger partial charge < -0.3 is 4.74 Å². The number of nitrogens with zero attached hydrogens (tertiary/aromatic N) is 1. The maximum atomic E-state index is 5.68. The summed E-state index contributed by atoms with van der Waals surface area (Å²) in [7, 11) is 0. The van der Waals surface area contributed by atoms with Crippen LogP contribution in [0, 0.1) is 5.41 Å². The first-order valence-electron chi connectivity index (χ1n) is 6.48. The van der Waals surface area contributed by atoms with E-state index in [9.17, 15) is 0 Å². The molecule has 1 aliphatic rings. The minimum atomic E-state index is 0.387. The second-order valence-corrected chi connectivity index (χ2v) is 5.82. The summed E-state index contributed by atoms with van der Waals surface area (Å²) >= 11 is 3.70. The highest BCUT2D eigenvalue weighted by Gasteiger charge is 2.32. The molecule has 0 aromatic rings. The predicted octanol–water partition coefficient (Wildman–Crippen LogP) is 3.30. The zero-order valence-electron chi connectivity index (χ0n) is 11.1. The Labute approximate surface area is 109 Å². The molecule has 0 aromatic heterocycles. The van der Waals surface area contributed by atoms with Gasteiger partial charge in [-0.05, 0) is 32.1 Å². The minimum absolute atomic E-state index is 0.387. The average Bonchev–Trinajstić information content (AvgIpc) is 2.31. The Morgan fingerprint density at radius 1 is 1.31 bits per heavy atom. The van der Waals surface area contributed by atoms with E-state index >= 15 is 0 Å². The standard InChI is InChI=1S/C13H26BrNO/c1-5-13(6-2,9-14)10-15-7-12(4)16-8-11(15)3/h11-12H,5-10H2,1-4H3. The van der Waals surface area contributed by atoms with Gasteiger partial charge in [0, 0.05) is 24.5 Å². The van der Waals surface area contributed by atoms with Crippen LogP contribution in [0.15, 0.2) is 0 Å². The summed E-state index contributed by atoms with van der Waals surface area (Å²) in [5.74, 6) is 0. The van der Waals surface area contributed by atoms with Crippen molar-refractivity contribution in [3.63, 3.8) is 0 Å². The Bertz CT molecular complexity index is 198. The lowest BCUT2D eigenvalue weighted by atomic mass is 9.83. The van der Waals surface area contributed by atoms with Gasteiger partial charge in [0.2, 0.25) is 0 Å². The van der Waals surface area contributed by atoms with Crippen LogP contribution < -0.4 is 0 Å². The van der Waals surface area contributed by atoms with Gasteiger partial charge in [-0.25, -0.2) is 0 Å². The van der Waals surface area contributed by atoms with E-state index in [1.807, 2.05) is 0 Å². The molecule has 0 bridgehead atoms. The predicted molar refractivity (Wildman–Crippen MR) is 73.3 cm³/mol. The normalized spacial score (nSPS) is 28.3. The van der Waals surface area contributed by atoms with Crippen molar-refractivity contribution in [3.8, 4) is 0 Å². The van der Waals surface area contributed by atoms with Crippen LogP contribution in [0.1, 0.15) is 40.5 Å². The van der Waals surface area contributed by atoms with Crippen LogP contribution in [0.3, 0.4) is 0 Å². The van der Waals surface area contributed by atoms with Crippen LogP contribution >= 0.6 is 15.9 Å². The van der Waals surface area contributed by atoms with Crippen LogP contribution in [0.4, 0.5) is 0 Å². The molecule has 0 aromatic carbocycles. The second-order valence-electron chi connectivity index (χ2n) is 5.26. The van der Waals surface area contributed by atoms with Gasteiger partial charge in [0.15, 0.2) is 0 Å². The average molecular weight is 292 g/mol. The molecule has 1 fully saturated rings. The second kappa shape index (κ2) is 6.36. The fourth-order valence-corrected chi connectivity index (χ4v) is 3.30. The fourth-order valence-electron chi connectivity index (χ4n) is 2.33. The lowest BCUT2D eigenvalue weighted by Gasteiger charge is -2.43. The largest absolute Gasteiger partial charge is 0.376 e. The molecule has 1 heterocycles. The van der Waals surface area contributed by atoms with E-state index in [2.05, 4.69) is 48.5 Å². The maximum absolute atomic E-state index is 5.68. The third-order valence-electron chi connectivity index (χ3n) is 4.06. The number of morpholine rings is 1. The van der Waals surface area contributed by atoms with Crippen molar-refractivity contribution < 1.29 is 4.74 Å². The number of halogens is 1. The van der Waals surface area contributed by atoms with Gasteiger partial charge in [0.25, 0.3) is 0 Å². The van der Waals surface area contributed by atoms with E-state index in [1.165, 1.54) is 19.4 Å². The van der Waals surface area contributed by atoms with E-state index in [1.54, 1.807) is 0 Å². The van der Waals surface area contributed by atoms with Crippen molar-refractivity contribution in [1.82, 2.24) is 4.90 Å². The molecule has 2 unspecified atom stereocenters. The molecule has 0 amide bonds. The van der Waals surface area contributed by atoms with Gasteiger partial charge >= 0.3 is 0 Å². The molecule has 0 radical (unpaired) electrons. The van der Waals surface area contributed by atoms with Crippen LogP contribution in [0.5, 0.6) is 0 Å². The summed E-state index contributed by atoms with van der Waals surface area (Å²) in [6.45, 7) is 12.2. The Balaban J connectivity index is 2.62. The van der Waals surface area contributed by atoms with Gasteiger partial charge in [-0.3, -0.25) is 4.90 Å². The molecule has 16 heavy (non-hydrogen) atoms. The summed E-state index contributed by atoms with van der Waals surface area (Å²) in [5.41, 5.74) is 0.436. The zero-order valence-corrected chi connectivity index (χ0v) is 12.7. The van der Waals surface area contributed by atoms with Crippen LogP contribution in [-0.4, -0.2) is 42.1 Å². The summed E-state index contributed by atoms with van der Waals surface area (Å²) in [5, 5.41) is 1.10. The van der Waals surface area contributed by atoms with Crippen molar-refractivity contribution in [3.05, 3.63) is 0 Å². The first-order valence-corrected chi connectivity index (χ1v) is 7.60. The number of rotatable bonds is 5. The number of ether oxygens (including phenoxy) is 1. The van der Waals surface area contributed by atoms with Crippen LogP contribution in [0.25, 0.3) is 0 Å². The molecule has 0 N–H and O–H groups in total. The summed E-state index contributed by atoms with van der Waals surface area (Å²) in [4.78, 5) is 2.60. The van der Waals surface area contributed by atoms with Crippen molar-refractivity contribution in [2.75, 3.05) is 25.0 Å². The van der Waals surface area contributed by atoms with E-state index in [-0.39, 0.29) is 0 Å². The van der Waals surface area contributed by atoms with E-state index in [4.69, 9.17) is 4.74 Å². The van der Waals surface area contributed by atoms with Crippen molar-refractivity contribution >= 4 is 15.9 Å². The van der Waals surface area contributed by atoms with Gasteiger partial charge in [0.05, 0.1) is 12.7 Å². The van der Waals surface area contributed by atoms with Crippen molar-refractivity contribution in [2.24, 2.45) is 5.41 Å². The number of hydrogen-bond acceptors (Lipinski definition) is 2. The Morgan fingerprint density at radius 3 is 2.44 bits per heavy atom. The highest BCUT2D eigenvalue weighted by molar-refractivity contribution is 9.09. The Hall–Kier alpha value is 0.400. The first-order chi connectivity index (χ1) is 7.56. The molecule has 0 aliphatic carbocycles. The molecule has 0 spiro atoms. The molecule has 1 rings (SSSR count). The molecule has 2 nitrogen and oxygen atoms in total. The highest BCUT2D eigenvalue weighted by Crippen LogP contribution is 2.31. The van der Waals surface area contributed by atoms with Gasteiger partial charge in [-0.15, -0.1) is 0 Å². The molecule has 0 saturated carbocycles. The van der Waals surface area contributed by atoms with Crippen LogP contribution in [-0.2, 0) is 4.74 Å². The maximum Gasteiger partial charge on any atom is 0.0674 e. The molecule has 2 atom stereocenters. The first kappa shape index (κ1) is 14.5.